The molecule has 9 nitrogen and oxygen atoms in total. The lowest BCUT2D eigenvalue weighted by molar-refractivity contribution is 0.0600. The van der Waals surface area contributed by atoms with Crippen LogP contribution in [0.15, 0.2) is 72.8 Å². The van der Waals surface area contributed by atoms with Crippen LogP contribution in [0, 0.1) is 6.92 Å². The minimum atomic E-state index is -3.80. The van der Waals surface area contributed by atoms with E-state index in [9.17, 15) is 13.2 Å². The highest BCUT2D eigenvalue weighted by Crippen LogP contribution is 2.25. The van der Waals surface area contributed by atoms with E-state index < -0.39 is 16.0 Å². The number of hydrogen-bond donors (Lipinski definition) is 1. The molecule has 35 heavy (non-hydrogen) atoms. The summed E-state index contributed by atoms with van der Waals surface area (Å²) in [6.07, 6.45) is 0. The molecule has 0 saturated carbocycles. The summed E-state index contributed by atoms with van der Waals surface area (Å²) in [7, 11) is -1.05. The fraction of sp³-hybridized carbons (Fsp3) is 0.160. The number of nitrogens with one attached hydrogen (secondary N) is 1. The van der Waals surface area contributed by atoms with Gasteiger partial charge in [-0.1, -0.05) is 48.0 Å². The smallest absolute Gasteiger partial charge is 0.338 e. The van der Waals surface area contributed by atoms with Gasteiger partial charge >= 0.3 is 12.0 Å². The van der Waals surface area contributed by atoms with E-state index in [1.807, 2.05) is 31.2 Å². The Morgan fingerprint density at radius 1 is 0.971 bits per heavy atom. The van der Waals surface area contributed by atoms with Crippen molar-refractivity contribution in [1.29, 1.82) is 0 Å². The number of aryl methyl sites for hydroxylation is 1. The lowest BCUT2D eigenvalue weighted by Gasteiger charge is -2.12. The van der Waals surface area contributed by atoms with Crippen molar-refractivity contribution in [2.75, 3.05) is 18.9 Å². The third-order valence-corrected chi connectivity index (χ3v) is 6.47. The maximum atomic E-state index is 12.8. The molecule has 4 aromatic rings. The number of aromatic nitrogens is 3. The highest BCUT2D eigenvalue weighted by atomic mass is 32.2. The van der Waals surface area contributed by atoms with Gasteiger partial charge in [-0.15, -0.1) is 5.10 Å². The van der Waals surface area contributed by atoms with Gasteiger partial charge in [0.15, 0.2) is 5.82 Å². The van der Waals surface area contributed by atoms with E-state index in [0.29, 0.717) is 22.8 Å². The summed E-state index contributed by atoms with van der Waals surface area (Å²) in [5, 5.41) is 4.39. The molecule has 0 aliphatic heterocycles. The van der Waals surface area contributed by atoms with Crippen LogP contribution in [0.2, 0.25) is 0 Å². The predicted octanol–water partition coefficient (Wildman–Crippen LogP) is 3.98. The molecular weight excluding hydrogens is 468 g/mol. The van der Waals surface area contributed by atoms with Crippen LogP contribution in [-0.2, 0) is 20.5 Å². The van der Waals surface area contributed by atoms with Crippen molar-refractivity contribution < 1.29 is 22.7 Å². The Bertz CT molecular complexity index is 1450. The number of carbonyl (C=O) groups excluding carboxylic acids is 1. The van der Waals surface area contributed by atoms with E-state index in [-0.39, 0.29) is 17.3 Å². The number of benzene rings is 3. The van der Waals surface area contributed by atoms with Crippen molar-refractivity contribution >= 4 is 21.7 Å². The van der Waals surface area contributed by atoms with E-state index >= 15 is 0 Å². The minimum absolute atomic E-state index is 0.208. The van der Waals surface area contributed by atoms with Gasteiger partial charge < -0.3 is 9.47 Å². The SMILES string of the molecule is COC(=O)c1ccccc1CS(=O)(=O)Nc1ccc(-n2nc(OC)nc2-c2ccc(C)cc2)cc1. The molecule has 1 N–H and O–H groups in total. The predicted molar refractivity (Wildman–Crippen MR) is 132 cm³/mol. The second-order valence-corrected chi connectivity index (χ2v) is 9.48. The molecular formula is C25H24N4O5S. The van der Waals surface area contributed by atoms with Crippen LogP contribution in [0.1, 0.15) is 21.5 Å². The van der Waals surface area contributed by atoms with Gasteiger partial charge in [0.25, 0.3) is 0 Å². The molecule has 4 rings (SSSR count). The number of sulfonamides is 1. The Morgan fingerprint density at radius 2 is 1.66 bits per heavy atom. The number of esters is 1. The van der Waals surface area contributed by atoms with Gasteiger partial charge in [0.1, 0.15) is 0 Å². The number of methoxy groups -OCH3 is 2. The molecule has 1 aromatic heterocycles. The van der Waals surface area contributed by atoms with Gasteiger partial charge in [0.05, 0.1) is 31.2 Å². The Balaban J connectivity index is 1.57. The standard InChI is InChI=1S/C25H24N4O5S/c1-17-8-10-18(11-9-17)23-26-25(34-3)27-29(23)21-14-12-20(13-15-21)28-35(31,32)16-19-6-4-5-7-22(19)24(30)33-2/h4-15,28H,16H2,1-3H3. The van der Waals surface area contributed by atoms with E-state index in [1.165, 1.54) is 20.3 Å². The number of rotatable bonds is 8. The first-order valence-corrected chi connectivity index (χ1v) is 12.3. The maximum Gasteiger partial charge on any atom is 0.338 e. The second kappa shape index (κ2) is 9.98. The van der Waals surface area contributed by atoms with Crippen molar-refractivity contribution in [2.45, 2.75) is 12.7 Å². The zero-order chi connectivity index (χ0) is 25.0. The zero-order valence-electron chi connectivity index (χ0n) is 19.4. The number of nitrogens with zero attached hydrogens (tertiary/aromatic N) is 3. The monoisotopic (exact) mass is 492 g/mol. The first kappa shape index (κ1) is 24.0. The highest BCUT2D eigenvalue weighted by molar-refractivity contribution is 7.91. The quantitative estimate of drug-likeness (QED) is 0.370. The summed E-state index contributed by atoms with van der Waals surface area (Å²) < 4.78 is 39.7. The lowest BCUT2D eigenvalue weighted by Crippen LogP contribution is -2.17. The average Bonchev–Trinajstić information content (AvgIpc) is 3.29. The van der Waals surface area contributed by atoms with Gasteiger partial charge in [-0.2, -0.15) is 4.98 Å². The number of anilines is 1. The largest absolute Gasteiger partial charge is 0.466 e. The molecule has 0 spiro atoms. The summed E-state index contributed by atoms with van der Waals surface area (Å²) in [5.74, 6) is -0.375. The molecule has 0 radical (unpaired) electrons. The molecule has 0 saturated heterocycles. The molecule has 0 atom stereocenters. The normalized spacial score (nSPS) is 11.2. The van der Waals surface area contributed by atoms with Crippen molar-refractivity contribution in [1.82, 2.24) is 14.8 Å². The van der Waals surface area contributed by atoms with Crippen LogP contribution in [-0.4, -0.2) is 43.4 Å². The van der Waals surface area contributed by atoms with Crippen molar-refractivity contribution in [2.24, 2.45) is 0 Å². The van der Waals surface area contributed by atoms with Gasteiger partial charge in [-0.25, -0.2) is 17.9 Å². The molecule has 0 bridgehead atoms. The summed E-state index contributed by atoms with van der Waals surface area (Å²) in [4.78, 5) is 16.4. The van der Waals surface area contributed by atoms with E-state index in [1.54, 1.807) is 47.1 Å². The van der Waals surface area contributed by atoms with Gasteiger partial charge in [0, 0.05) is 11.3 Å². The summed E-state index contributed by atoms with van der Waals surface area (Å²) in [6, 6.07) is 21.2. The molecule has 1 heterocycles. The number of ether oxygens (including phenoxy) is 2. The van der Waals surface area contributed by atoms with Gasteiger partial charge in [0.2, 0.25) is 10.0 Å². The average molecular weight is 493 g/mol. The van der Waals surface area contributed by atoms with Crippen LogP contribution in [0.5, 0.6) is 6.01 Å². The number of carbonyl (C=O) groups is 1. The van der Waals surface area contributed by atoms with E-state index in [0.717, 1.165) is 11.1 Å². The van der Waals surface area contributed by atoms with Crippen LogP contribution in [0.3, 0.4) is 0 Å². The minimum Gasteiger partial charge on any atom is -0.466 e. The molecule has 180 valence electrons. The van der Waals surface area contributed by atoms with Crippen LogP contribution in [0.4, 0.5) is 5.69 Å². The highest BCUT2D eigenvalue weighted by Gasteiger charge is 2.19. The third-order valence-electron chi connectivity index (χ3n) is 5.23. The van der Waals surface area contributed by atoms with Crippen LogP contribution >= 0.6 is 0 Å². The van der Waals surface area contributed by atoms with Gasteiger partial charge in [-0.05, 0) is 42.8 Å². The van der Waals surface area contributed by atoms with E-state index in [4.69, 9.17) is 9.47 Å². The summed E-state index contributed by atoms with van der Waals surface area (Å²) in [6.45, 7) is 2.00. The fourth-order valence-electron chi connectivity index (χ4n) is 3.50. The van der Waals surface area contributed by atoms with Crippen molar-refractivity contribution in [3.05, 3.63) is 89.5 Å². The lowest BCUT2D eigenvalue weighted by atomic mass is 10.1. The molecule has 10 heteroatoms. The molecule has 0 aliphatic rings. The summed E-state index contributed by atoms with van der Waals surface area (Å²) >= 11 is 0. The Morgan fingerprint density at radius 3 is 2.31 bits per heavy atom. The second-order valence-electron chi connectivity index (χ2n) is 7.76. The van der Waals surface area contributed by atoms with Crippen molar-refractivity contribution in [3.8, 4) is 23.1 Å². The maximum absolute atomic E-state index is 12.8. The third kappa shape index (κ3) is 5.49. The van der Waals surface area contributed by atoms with Crippen LogP contribution < -0.4 is 9.46 Å². The van der Waals surface area contributed by atoms with Gasteiger partial charge in [-0.3, -0.25) is 4.72 Å². The first-order chi connectivity index (χ1) is 16.8. The molecule has 0 fully saturated rings. The number of hydrogen-bond acceptors (Lipinski definition) is 7. The van der Waals surface area contributed by atoms with E-state index in [2.05, 4.69) is 14.8 Å². The Kier molecular flexibility index (Phi) is 6.83. The molecule has 0 unspecified atom stereocenters. The Hall–Kier alpha value is -4.18. The topological polar surface area (TPSA) is 112 Å². The fourth-order valence-corrected chi connectivity index (χ4v) is 4.72. The first-order valence-electron chi connectivity index (χ1n) is 10.6. The molecule has 3 aromatic carbocycles. The Labute approximate surface area is 203 Å². The zero-order valence-corrected chi connectivity index (χ0v) is 20.2. The molecule has 0 amide bonds. The summed E-state index contributed by atoms with van der Waals surface area (Å²) in [5.41, 5.74) is 3.59. The van der Waals surface area contributed by atoms with Crippen LogP contribution in [0.25, 0.3) is 17.1 Å². The molecule has 0 aliphatic carbocycles. The van der Waals surface area contributed by atoms with Crippen molar-refractivity contribution in [3.63, 3.8) is 0 Å².